The molecule has 1 fully saturated rings. The summed E-state index contributed by atoms with van der Waals surface area (Å²) in [6.45, 7) is 6.12. The van der Waals surface area contributed by atoms with Gasteiger partial charge in [-0.25, -0.2) is 0 Å². The molecule has 86 valence electrons. The summed E-state index contributed by atoms with van der Waals surface area (Å²) in [7, 11) is 0. The van der Waals surface area contributed by atoms with E-state index in [1.54, 1.807) is 0 Å². The zero-order valence-electron chi connectivity index (χ0n) is 9.49. The molecule has 0 aromatic rings. The number of hydrogen-bond donors (Lipinski definition) is 2. The number of carbonyl (C=O) groups is 2. The second kappa shape index (κ2) is 4.64. The minimum atomic E-state index is -0.854. The van der Waals surface area contributed by atoms with Crippen LogP contribution in [0.3, 0.4) is 0 Å². The van der Waals surface area contributed by atoms with Crippen LogP contribution >= 0.6 is 0 Å². The average molecular weight is 213 g/mol. The predicted molar refractivity (Wildman–Crippen MR) is 56.3 cm³/mol. The van der Waals surface area contributed by atoms with Gasteiger partial charge in [0.1, 0.15) is 0 Å². The Kier molecular flexibility index (Phi) is 3.72. The first-order chi connectivity index (χ1) is 6.97. The molecule has 0 spiro atoms. The van der Waals surface area contributed by atoms with E-state index in [1.807, 2.05) is 6.92 Å². The molecule has 1 aliphatic carbocycles. The van der Waals surface area contributed by atoms with Crippen molar-refractivity contribution in [2.24, 2.45) is 17.8 Å². The molecule has 0 radical (unpaired) electrons. The molecule has 0 saturated heterocycles. The summed E-state index contributed by atoms with van der Waals surface area (Å²) in [5, 5.41) is 11.6. The lowest BCUT2D eigenvalue weighted by Gasteiger charge is -2.20. The maximum atomic E-state index is 11.6. The molecule has 4 nitrogen and oxygen atoms in total. The van der Waals surface area contributed by atoms with Gasteiger partial charge in [0.25, 0.3) is 0 Å². The van der Waals surface area contributed by atoms with Crippen molar-refractivity contribution in [3.8, 4) is 0 Å². The smallest absolute Gasteiger partial charge is 0.307 e. The molecule has 2 N–H and O–H groups in total. The molecule has 4 heteroatoms. The fraction of sp³-hybridized carbons (Fsp3) is 0.818. The molecule has 1 aliphatic rings. The highest BCUT2D eigenvalue weighted by Gasteiger charge is 2.48. The SMILES string of the molecule is CCC(NC(=O)C1CC1C(=O)O)C(C)C. The molecule has 0 heterocycles. The van der Waals surface area contributed by atoms with E-state index >= 15 is 0 Å². The van der Waals surface area contributed by atoms with Crippen LogP contribution in [-0.2, 0) is 9.59 Å². The lowest BCUT2D eigenvalue weighted by Crippen LogP contribution is -2.39. The topological polar surface area (TPSA) is 66.4 Å². The number of carboxylic acids is 1. The minimum Gasteiger partial charge on any atom is -0.481 e. The monoisotopic (exact) mass is 213 g/mol. The van der Waals surface area contributed by atoms with Gasteiger partial charge in [0.05, 0.1) is 11.8 Å². The fourth-order valence-electron chi connectivity index (χ4n) is 1.79. The Morgan fingerprint density at radius 2 is 2.00 bits per heavy atom. The van der Waals surface area contributed by atoms with Crippen molar-refractivity contribution in [3.05, 3.63) is 0 Å². The zero-order chi connectivity index (χ0) is 11.6. The van der Waals surface area contributed by atoms with Crippen LogP contribution in [0.5, 0.6) is 0 Å². The van der Waals surface area contributed by atoms with Crippen molar-refractivity contribution >= 4 is 11.9 Å². The van der Waals surface area contributed by atoms with E-state index in [2.05, 4.69) is 19.2 Å². The number of carboxylic acid groups (broad SMARTS) is 1. The van der Waals surface area contributed by atoms with Gasteiger partial charge < -0.3 is 10.4 Å². The summed E-state index contributed by atoms with van der Waals surface area (Å²) in [6.07, 6.45) is 1.38. The highest BCUT2D eigenvalue weighted by molar-refractivity contribution is 5.89. The van der Waals surface area contributed by atoms with Gasteiger partial charge in [-0.2, -0.15) is 0 Å². The van der Waals surface area contributed by atoms with E-state index in [-0.39, 0.29) is 17.9 Å². The first kappa shape index (κ1) is 12.0. The molecule has 0 bridgehead atoms. The van der Waals surface area contributed by atoms with Gasteiger partial charge >= 0.3 is 5.97 Å². The molecule has 0 aliphatic heterocycles. The van der Waals surface area contributed by atoms with Crippen molar-refractivity contribution in [3.63, 3.8) is 0 Å². The average Bonchev–Trinajstić information content (AvgIpc) is 2.92. The van der Waals surface area contributed by atoms with Gasteiger partial charge in [-0.1, -0.05) is 20.8 Å². The predicted octanol–water partition coefficient (Wildman–Crippen LogP) is 1.26. The minimum absolute atomic E-state index is 0.0945. The van der Waals surface area contributed by atoms with Crippen LogP contribution in [0.2, 0.25) is 0 Å². The third kappa shape index (κ3) is 2.94. The number of carbonyl (C=O) groups excluding carboxylic acids is 1. The molecule has 0 aromatic heterocycles. The molecule has 0 aromatic carbocycles. The summed E-state index contributed by atoms with van der Waals surface area (Å²) < 4.78 is 0. The van der Waals surface area contributed by atoms with Gasteiger partial charge in [-0.15, -0.1) is 0 Å². The van der Waals surface area contributed by atoms with Crippen molar-refractivity contribution < 1.29 is 14.7 Å². The van der Waals surface area contributed by atoms with Crippen LogP contribution in [0, 0.1) is 17.8 Å². The Morgan fingerprint density at radius 1 is 1.40 bits per heavy atom. The van der Waals surface area contributed by atoms with Crippen LogP contribution in [0.15, 0.2) is 0 Å². The second-order valence-electron chi connectivity index (χ2n) is 4.55. The molecule has 1 saturated carbocycles. The van der Waals surface area contributed by atoms with E-state index in [9.17, 15) is 9.59 Å². The highest BCUT2D eigenvalue weighted by atomic mass is 16.4. The maximum Gasteiger partial charge on any atom is 0.307 e. The van der Waals surface area contributed by atoms with Crippen molar-refractivity contribution in [1.82, 2.24) is 5.32 Å². The molecular weight excluding hydrogens is 194 g/mol. The quantitative estimate of drug-likeness (QED) is 0.722. The summed E-state index contributed by atoms with van der Waals surface area (Å²) in [5.41, 5.74) is 0. The van der Waals surface area contributed by atoms with Crippen LogP contribution in [0.4, 0.5) is 0 Å². The van der Waals surface area contributed by atoms with Gasteiger partial charge in [0.2, 0.25) is 5.91 Å². The van der Waals surface area contributed by atoms with E-state index < -0.39 is 11.9 Å². The first-order valence-corrected chi connectivity index (χ1v) is 5.50. The Bertz CT molecular complexity index is 263. The maximum absolute atomic E-state index is 11.6. The van der Waals surface area contributed by atoms with E-state index in [0.29, 0.717) is 12.3 Å². The van der Waals surface area contributed by atoms with E-state index in [4.69, 9.17) is 5.11 Å². The summed E-state index contributed by atoms with van der Waals surface area (Å²) >= 11 is 0. The Labute approximate surface area is 90.0 Å². The van der Waals surface area contributed by atoms with Crippen molar-refractivity contribution in [1.29, 1.82) is 0 Å². The number of aliphatic carboxylic acids is 1. The molecular formula is C11H19NO3. The van der Waals surface area contributed by atoms with E-state index in [0.717, 1.165) is 6.42 Å². The fourth-order valence-corrected chi connectivity index (χ4v) is 1.79. The lowest BCUT2D eigenvalue weighted by atomic mass is 10.0. The number of amides is 1. The van der Waals surface area contributed by atoms with Crippen LogP contribution < -0.4 is 5.32 Å². The summed E-state index contributed by atoms with van der Waals surface area (Å²) in [5.74, 6) is -1.30. The third-order valence-electron chi connectivity index (χ3n) is 3.02. The van der Waals surface area contributed by atoms with Crippen molar-refractivity contribution in [2.75, 3.05) is 0 Å². The van der Waals surface area contributed by atoms with Crippen LogP contribution in [0.25, 0.3) is 0 Å². The van der Waals surface area contributed by atoms with E-state index in [1.165, 1.54) is 0 Å². The number of rotatable bonds is 5. The van der Waals surface area contributed by atoms with Crippen molar-refractivity contribution in [2.45, 2.75) is 39.7 Å². The molecule has 1 amide bonds. The highest BCUT2D eigenvalue weighted by Crippen LogP contribution is 2.38. The summed E-state index contributed by atoms with van der Waals surface area (Å²) in [4.78, 5) is 22.2. The number of hydrogen-bond acceptors (Lipinski definition) is 2. The van der Waals surface area contributed by atoms with Gasteiger partial charge in [-0.3, -0.25) is 9.59 Å². The lowest BCUT2D eigenvalue weighted by molar-refractivity contribution is -0.140. The Hall–Kier alpha value is -1.06. The molecule has 3 atom stereocenters. The largest absolute Gasteiger partial charge is 0.481 e. The number of nitrogens with one attached hydrogen (secondary N) is 1. The normalized spacial score (nSPS) is 26.1. The van der Waals surface area contributed by atoms with Crippen LogP contribution in [0.1, 0.15) is 33.6 Å². The second-order valence-corrected chi connectivity index (χ2v) is 4.55. The Morgan fingerprint density at radius 3 is 2.33 bits per heavy atom. The standard InChI is InChI=1S/C11H19NO3/c1-4-9(6(2)3)12-10(13)7-5-8(7)11(14)15/h6-9H,4-5H2,1-3H3,(H,12,13)(H,14,15). The zero-order valence-corrected chi connectivity index (χ0v) is 9.49. The van der Waals surface area contributed by atoms with Gasteiger partial charge in [0, 0.05) is 6.04 Å². The molecule has 3 unspecified atom stereocenters. The Balaban J connectivity index is 2.40. The molecule has 15 heavy (non-hydrogen) atoms. The van der Waals surface area contributed by atoms with Gasteiger partial charge in [0.15, 0.2) is 0 Å². The third-order valence-corrected chi connectivity index (χ3v) is 3.02. The summed E-state index contributed by atoms with van der Waals surface area (Å²) in [6, 6.07) is 0.160. The molecule has 1 rings (SSSR count). The first-order valence-electron chi connectivity index (χ1n) is 5.50. The van der Waals surface area contributed by atoms with Crippen LogP contribution in [-0.4, -0.2) is 23.0 Å². The van der Waals surface area contributed by atoms with Gasteiger partial charge in [-0.05, 0) is 18.8 Å².